The number of carbonyl (C=O) groups is 1. The number of benzene rings is 1. The number of methoxy groups -OCH3 is 1. The Labute approximate surface area is 131 Å². The number of carbonyl (C=O) groups excluding carboxylic acids is 1. The summed E-state index contributed by atoms with van der Waals surface area (Å²) in [7, 11) is 1.64. The topological polar surface area (TPSA) is 48.0 Å². The molecule has 1 spiro atoms. The molecule has 0 N–H and O–H groups in total. The van der Waals surface area contributed by atoms with E-state index in [2.05, 4.69) is 0 Å². The van der Waals surface area contributed by atoms with Gasteiger partial charge < -0.3 is 19.1 Å². The first-order valence-electron chi connectivity index (χ1n) is 7.81. The van der Waals surface area contributed by atoms with Gasteiger partial charge in [0.2, 0.25) is 5.91 Å². The van der Waals surface area contributed by atoms with Gasteiger partial charge in [0, 0.05) is 31.5 Å². The van der Waals surface area contributed by atoms with Crippen LogP contribution in [-0.2, 0) is 20.7 Å². The Morgan fingerprint density at radius 1 is 1.27 bits per heavy atom. The van der Waals surface area contributed by atoms with E-state index in [1.807, 2.05) is 30.0 Å². The Morgan fingerprint density at radius 2 is 1.95 bits per heavy atom. The zero-order chi connectivity index (χ0) is 15.6. The minimum Gasteiger partial charge on any atom is -0.496 e. The molecule has 0 bridgehead atoms. The fourth-order valence-electron chi connectivity index (χ4n) is 3.20. The summed E-state index contributed by atoms with van der Waals surface area (Å²) in [4.78, 5) is 14.4. The van der Waals surface area contributed by atoms with Crippen LogP contribution < -0.4 is 4.74 Å². The minimum atomic E-state index is -0.433. The van der Waals surface area contributed by atoms with Crippen LogP contribution in [0.25, 0.3) is 0 Å². The van der Waals surface area contributed by atoms with E-state index in [9.17, 15) is 4.79 Å². The highest BCUT2D eigenvalue weighted by atomic mass is 16.7. The first-order chi connectivity index (χ1) is 10.6. The number of ether oxygens (including phenoxy) is 3. The minimum absolute atomic E-state index is 0.136. The Bertz CT molecular complexity index is 542. The van der Waals surface area contributed by atoms with Crippen molar-refractivity contribution >= 4 is 5.91 Å². The lowest BCUT2D eigenvalue weighted by Gasteiger charge is -2.37. The summed E-state index contributed by atoms with van der Waals surface area (Å²) in [5.41, 5.74) is 2.08. The van der Waals surface area contributed by atoms with Crippen molar-refractivity contribution < 1.29 is 19.0 Å². The van der Waals surface area contributed by atoms with Crippen molar-refractivity contribution in [3.8, 4) is 5.75 Å². The van der Waals surface area contributed by atoms with E-state index in [0.717, 1.165) is 29.7 Å². The van der Waals surface area contributed by atoms with Gasteiger partial charge in [-0.2, -0.15) is 0 Å². The van der Waals surface area contributed by atoms with Gasteiger partial charge in [-0.3, -0.25) is 4.79 Å². The molecule has 0 unspecified atom stereocenters. The molecule has 0 atom stereocenters. The maximum atomic E-state index is 12.5. The molecule has 0 saturated carbocycles. The highest BCUT2D eigenvalue weighted by Crippen LogP contribution is 2.31. The maximum Gasteiger partial charge on any atom is 0.227 e. The Morgan fingerprint density at radius 3 is 2.59 bits per heavy atom. The van der Waals surface area contributed by atoms with E-state index >= 15 is 0 Å². The molecule has 2 fully saturated rings. The van der Waals surface area contributed by atoms with Crippen LogP contribution in [0.3, 0.4) is 0 Å². The molecule has 22 heavy (non-hydrogen) atoms. The van der Waals surface area contributed by atoms with Gasteiger partial charge in [-0.25, -0.2) is 0 Å². The number of piperidine rings is 1. The zero-order valence-corrected chi connectivity index (χ0v) is 13.3. The molecule has 1 aromatic rings. The van der Waals surface area contributed by atoms with E-state index < -0.39 is 5.79 Å². The van der Waals surface area contributed by atoms with Crippen LogP contribution in [0.15, 0.2) is 18.2 Å². The molecule has 1 amide bonds. The van der Waals surface area contributed by atoms with Gasteiger partial charge in [0.1, 0.15) is 5.75 Å². The summed E-state index contributed by atoms with van der Waals surface area (Å²) in [5, 5.41) is 0. The smallest absolute Gasteiger partial charge is 0.227 e. The quantitative estimate of drug-likeness (QED) is 0.856. The van der Waals surface area contributed by atoms with Gasteiger partial charge in [0.15, 0.2) is 5.79 Å². The van der Waals surface area contributed by atoms with Crippen LogP contribution in [0, 0.1) is 6.92 Å². The first-order valence-corrected chi connectivity index (χ1v) is 7.81. The molecule has 2 aliphatic rings. The summed E-state index contributed by atoms with van der Waals surface area (Å²) >= 11 is 0. The highest BCUT2D eigenvalue weighted by molar-refractivity contribution is 5.79. The molecule has 2 heterocycles. The number of likely N-dealkylation sites (tertiary alicyclic amines) is 1. The van der Waals surface area contributed by atoms with Crippen molar-refractivity contribution in [3.05, 3.63) is 29.3 Å². The van der Waals surface area contributed by atoms with Gasteiger partial charge in [0.05, 0.1) is 26.7 Å². The SMILES string of the molecule is COc1ccc(C)cc1CC(=O)N1CCC2(CC1)OCCO2. The molecule has 0 aliphatic carbocycles. The van der Waals surface area contributed by atoms with Crippen LogP contribution in [0.4, 0.5) is 0 Å². The van der Waals surface area contributed by atoms with Crippen molar-refractivity contribution in [1.29, 1.82) is 0 Å². The van der Waals surface area contributed by atoms with E-state index in [-0.39, 0.29) is 5.91 Å². The van der Waals surface area contributed by atoms with Gasteiger partial charge >= 0.3 is 0 Å². The van der Waals surface area contributed by atoms with Crippen molar-refractivity contribution in [1.82, 2.24) is 4.90 Å². The Hall–Kier alpha value is -1.59. The molecular formula is C17H23NO4. The summed E-state index contributed by atoms with van der Waals surface area (Å²) in [6.07, 6.45) is 1.88. The van der Waals surface area contributed by atoms with Gasteiger partial charge in [-0.1, -0.05) is 17.7 Å². The molecule has 5 heteroatoms. The number of aryl methyl sites for hydroxylation is 1. The molecule has 120 valence electrons. The van der Waals surface area contributed by atoms with Gasteiger partial charge in [0.25, 0.3) is 0 Å². The first kappa shape index (κ1) is 15.3. The fourth-order valence-corrected chi connectivity index (χ4v) is 3.20. The van der Waals surface area contributed by atoms with Crippen molar-refractivity contribution in [2.75, 3.05) is 33.4 Å². The third-order valence-corrected chi connectivity index (χ3v) is 4.47. The standard InChI is InChI=1S/C17H23NO4/c1-13-3-4-15(20-2)14(11-13)12-16(19)18-7-5-17(6-8-18)21-9-10-22-17/h3-4,11H,5-10,12H2,1-2H3. The molecule has 2 aliphatic heterocycles. The van der Waals surface area contributed by atoms with Crippen molar-refractivity contribution in [3.63, 3.8) is 0 Å². The second-order valence-electron chi connectivity index (χ2n) is 5.98. The van der Waals surface area contributed by atoms with Crippen LogP contribution in [-0.4, -0.2) is 50.0 Å². The van der Waals surface area contributed by atoms with Crippen molar-refractivity contribution in [2.24, 2.45) is 0 Å². The summed E-state index contributed by atoms with van der Waals surface area (Å²) in [5.74, 6) is 0.476. The second kappa shape index (κ2) is 6.26. The lowest BCUT2D eigenvalue weighted by Crippen LogP contribution is -2.47. The lowest BCUT2D eigenvalue weighted by atomic mass is 10.0. The van der Waals surface area contributed by atoms with E-state index in [4.69, 9.17) is 14.2 Å². The molecule has 2 saturated heterocycles. The normalized spacial score (nSPS) is 20.4. The summed E-state index contributed by atoms with van der Waals surface area (Å²) in [6, 6.07) is 5.93. The van der Waals surface area contributed by atoms with Crippen molar-refractivity contribution in [2.45, 2.75) is 32.0 Å². The predicted molar refractivity (Wildman–Crippen MR) is 81.9 cm³/mol. The van der Waals surface area contributed by atoms with Crippen LogP contribution >= 0.6 is 0 Å². The molecule has 3 rings (SSSR count). The maximum absolute atomic E-state index is 12.5. The predicted octanol–water partition coefficient (Wildman–Crippen LogP) is 1.91. The Balaban J connectivity index is 1.62. The fraction of sp³-hybridized carbons (Fsp3) is 0.588. The van der Waals surface area contributed by atoms with Crippen LogP contribution in [0.1, 0.15) is 24.0 Å². The average Bonchev–Trinajstić information content (AvgIpc) is 2.96. The summed E-state index contributed by atoms with van der Waals surface area (Å²) < 4.78 is 16.8. The monoisotopic (exact) mass is 305 g/mol. The molecule has 5 nitrogen and oxygen atoms in total. The molecule has 0 aromatic heterocycles. The van der Waals surface area contributed by atoms with E-state index in [0.29, 0.717) is 32.7 Å². The number of hydrogen-bond donors (Lipinski definition) is 0. The second-order valence-corrected chi connectivity index (χ2v) is 5.98. The largest absolute Gasteiger partial charge is 0.496 e. The molecular weight excluding hydrogens is 282 g/mol. The number of hydrogen-bond acceptors (Lipinski definition) is 4. The number of nitrogens with zero attached hydrogens (tertiary/aromatic N) is 1. The van der Waals surface area contributed by atoms with Crippen LogP contribution in [0.5, 0.6) is 5.75 Å². The summed E-state index contributed by atoms with van der Waals surface area (Å²) in [6.45, 7) is 4.72. The average molecular weight is 305 g/mol. The lowest BCUT2D eigenvalue weighted by molar-refractivity contribution is -0.187. The van der Waals surface area contributed by atoms with Gasteiger partial charge in [-0.05, 0) is 13.0 Å². The van der Waals surface area contributed by atoms with E-state index in [1.165, 1.54) is 0 Å². The van der Waals surface area contributed by atoms with Gasteiger partial charge in [-0.15, -0.1) is 0 Å². The molecule has 0 radical (unpaired) electrons. The van der Waals surface area contributed by atoms with E-state index in [1.54, 1.807) is 7.11 Å². The third kappa shape index (κ3) is 3.10. The zero-order valence-electron chi connectivity index (χ0n) is 13.3. The van der Waals surface area contributed by atoms with Crippen LogP contribution in [0.2, 0.25) is 0 Å². The third-order valence-electron chi connectivity index (χ3n) is 4.47. The Kier molecular flexibility index (Phi) is 4.36. The molecule has 1 aromatic carbocycles. The number of rotatable bonds is 3. The number of amides is 1. The highest BCUT2D eigenvalue weighted by Gasteiger charge is 2.40.